The summed E-state index contributed by atoms with van der Waals surface area (Å²) in [5.41, 5.74) is 0.0555. The standard InChI is InChI=1S/C24H20FN3O5/c1-2-32-20-5-3-4-16-12-18(24(31)33-22(16)20)23(30)26-10-11-28-14-27-19(13-21(28)29)15-6-8-17(25)9-7-15/h3-9,12-14H,2,10-11H2,1H3,(H,26,30). The van der Waals surface area contributed by atoms with Crippen molar-refractivity contribution in [3.8, 4) is 17.0 Å². The van der Waals surface area contributed by atoms with Crippen LogP contribution in [-0.2, 0) is 6.54 Å². The number of carbonyl (C=O) groups is 1. The Morgan fingerprint density at radius 2 is 1.94 bits per heavy atom. The Hall–Kier alpha value is -4.27. The molecule has 33 heavy (non-hydrogen) atoms. The van der Waals surface area contributed by atoms with Crippen LogP contribution in [0, 0.1) is 5.82 Å². The predicted molar refractivity (Wildman–Crippen MR) is 120 cm³/mol. The minimum absolute atomic E-state index is 0.0901. The van der Waals surface area contributed by atoms with Crippen molar-refractivity contribution >= 4 is 16.9 Å². The van der Waals surface area contributed by atoms with E-state index in [1.54, 1.807) is 18.2 Å². The summed E-state index contributed by atoms with van der Waals surface area (Å²) in [6, 6.07) is 13.6. The van der Waals surface area contributed by atoms with E-state index in [1.165, 1.54) is 47.3 Å². The lowest BCUT2D eigenvalue weighted by Gasteiger charge is -2.09. The van der Waals surface area contributed by atoms with Gasteiger partial charge in [-0.15, -0.1) is 0 Å². The van der Waals surface area contributed by atoms with E-state index in [2.05, 4.69) is 10.3 Å². The summed E-state index contributed by atoms with van der Waals surface area (Å²) in [4.78, 5) is 41.5. The van der Waals surface area contributed by atoms with E-state index in [0.717, 1.165) is 0 Å². The van der Waals surface area contributed by atoms with Gasteiger partial charge in [0.05, 0.1) is 18.6 Å². The van der Waals surface area contributed by atoms with Gasteiger partial charge in [0.2, 0.25) is 0 Å². The van der Waals surface area contributed by atoms with Crippen molar-refractivity contribution in [1.82, 2.24) is 14.9 Å². The van der Waals surface area contributed by atoms with Gasteiger partial charge in [-0.2, -0.15) is 0 Å². The molecule has 9 heteroatoms. The molecule has 0 unspecified atom stereocenters. The highest BCUT2D eigenvalue weighted by Crippen LogP contribution is 2.24. The number of nitrogens with one attached hydrogen (secondary N) is 1. The number of rotatable bonds is 7. The lowest BCUT2D eigenvalue weighted by molar-refractivity contribution is 0.0948. The van der Waals surface area contributed by atoms with Crippen LogP contribution < -0.4 is 21.2 Å². The first-order valence-corrected chi connectivity index (χ1v) is 10.3. The van der Waals surface area contributed by atoms with E-state index < -0.39 is 11.5 Å². The van der Waals surface area contributed by atoms with Crippen LogP contribution in [0.25, 0.3) is 22.2 Å². The zero-order valence-corrected chi connectivity index (χ0v) is 17.7. The molecule has 0 aliphatic heterocycles. The molecule has 0 saturated carbocycles. The van der Waals surface area contributed by atoms with Crippen LogP contribution in [0.15, 0.2) is 74.9 Å². The molecule has 8 nitrogen and oxygen atoms in total. The van der Waals surface area contributed by atoms with Crippen LogP contribution in [0.4, 0.5) is 4.39 Å². The minimum atomic E-state index is -0.783. The first-order valence-electron chi connectivity index (χ1n) is 10.3. The lowest BCUT2D eigenvalue weighted by Crippen LogP contribution is -2.33. The van der Waals surface area contributed by atoms with E-state index in [0.29, 0.717) is 29.0 Å². The predicted octanol–water partition coefficient (Wildman–Crippen LogP) is 2.98. The number of halogens is 1. The van der Waals surface area contributed by atoms with Gasteiger partial charge < -0.3 is 14.5 Å². The summed E-state index contributed by atoms with van der Waals surface area (Å²) < 4.78 is 25.2. The van der Waals surface area contributed by atoms with Gasteiger partial charge in [-0.25, -0.2) is 14.2 Å². The van der Waals surface area contributed by atoms with Crippen LogP contribution in [0.2, 0.25) is 0 Å². The number of nitrogens with zero attached hydrogens (tertiary/aromatic N) is 2. The van der Waals surface area contributed by atoms with Crippen molar-refractivity contribution in [3.63, 3.8) is 0 Å². The van der Waals surface area contributed by atoms with E-state index in [4.69, 9.17) is 9.15 Å². The molecule has 2 aromatic heterocycles. The van der Waals surface area contributed by atoms with Crippen molar-refractivity contribution in [3.05, 3.63) is 93.1 Å². The maximum absolute atomic E-state index is 13.1. The molecule has 0 atom stereocenters. The fourth-order valence-electron chi connectivity index (χ4n) is 3.30. The molecule has 168 valence electrons. The molecule has 4 rings (SSSR count). The monoisotopic (exact) mass is 449 g/mol. The highest BCUT2D eigenvalue weighted by molar-refractivity contribution is 5.97. The first-order chi connectivity index (χ1) is 16.0. The molecule has 0 fully saturated rings. The quantitative estimate of drug-likeness (QED) is 0.435. The smallest absolute Gasteiger partial charge is 0.349 e. The van der Waals surface area contributed by atoms with Crippen molar-refractivity contribution in [2.24, 2.45) is 0 Å². The van der Waals surface area contributed by atoms with Crippen molar-refractivity contribution in [1.29, 1.82) is 0 Å². The third kappa shape index (κ3) is 4.82. The van der Waals surface area contributed by atoms with Gasteiger partial charge in [0, 0.05) is 30.1 Å². The SMILES string of the molecule is CCOc1cccc2cc(C(=O)NCCn3cnc(-c4ccc(F)cc4)cc3=O)c(=O)oc12. The molecule has 2 aromatic carbocycles. The second-order valence-corrected chi connectivity index (χ2v) is 7.12. The van der Waals surface area contributed by atoms with Crippen LogP contribution in [0.3, 0.4) is 0 Å². The van der Waals surface area contributed by atoms with Gasteiger partial charge in [0.15, 0.2) is 11.3 Å². The molecule has 0 aliphatic carbocycles. The second kappa shape index (κ2) is 9.47. The Labute approximate surface area is 187 Å². The summed E-state index contributed by atoms with van der Waals surface area (Å²) in [6.45, 7) is 2.46. The zero-order chi connectivity index (χ0) is 23.4. The van der Waals surface area contributed by atoms with E-state index >= 15 is 0 Å². The summed E-state index contributed by atoms with van der Waals surface area (Å²) in [7, 11) is 0. The van der Waals surface area contributed by atoms with E-state index in [1.807, 2.05) is 6.92 Å². The van der Waals surface area contributed by atoms with Gasteiger partial charge in [0.25, 0.3) is 11.5 Å². The number of ether oxygens (including phenoxy) is 1. The first kappa shape index (κ1) is 21.9. The van der Waals surface area contributed by atoms with Gasteiger partial charge in [-0.3, -0.25) is 14.2 Å². The Morgan fingerprint density at radius 3 is 2.67 bits per heavy atom. The molecular weight excluding hydrogens is 429 g/mol. The molecular formula is C24H20FN3O5. The van der Waals surface area contributed by atoms with Crippen molar-refractivity contribution in [2.45, 2.75) is 13.5 Å². The van der Waals surface area contributed by atoms with Crippen LogP contribution in [0.1, 0.15) is 17.3 Å². The maximum Gasteiger partial charge on any atom is 0.349 e. The topological polar surface area (TPSA) is 103 Å². The van der Waals surface area contributed by atoms with E-state index in [-0.39, 0.29) is 35.6 Å². The maximum atomic E-state index is 13.1. The summed E-state index contributed by atoms with van der Waals surface area (Å²) in [5, 5.41) is 3.17. The molecule has 1 N–H and O–H groups in total. The molecule has 1 amide bonds. The number of amides is 1. The lowest BCUT2D eigenvalue weighted by atomic mass is 10.1. The number of benzene rings is 2. The average Bonchev–Trinajstić information content (AvgIpc) is 2.81. The van der Waals surface area contributed by atoms with Gasteiger partial charge in [0.1, 0.15) is 11.4 Å². The van der Waals surface area contributed by atoms with Crippen LogP contribution in [-0.4, -0.2) is 28.6 Å². The largest absolute Gasteiger partial charge is 0.490 e. The minimum Gasteiger partial charge on any atom is -0.490 e. The summed E-state index contributed by atoms with van der Waals surface area (Å²) in [6.07, 6.45) is 1.35. The molecule has 0 aliphatic rings. The fraction of sp³-hybridized carbons (Fsp3) is 0.167. The van der Waals surface area contributed by atoms with Gasteiger partial charge in [-0.05, 0) is 43.3 Å². The molecule has 0 radical (unpaired) electrons. The van der Waals surface area contributed by atoms with Gasteiger partial charge in [-0.1, -0.05) is 12.1 Å². The Balaban J connectivity index is 1.44. The molecule has 0 bridgehead atoms. The van der Waals surface area contributed by atoms with Crippen molar-refractivity contribution in [2.75, 3.05) is 13.2 Å². The number of aromatic nitrogens is 2. The number of carbonyl (C=O) groups excluding carboxylic acids is 1. The number of hydrogen-bond acceptors (Lipinski definition) is 6. The molecule has 2 heterocycles. The summed E-state index contributed by atoms with van der Waals surface area (Å²) >= 11 is 0. The highest BCUT2D eigenvalue weighted by Gasteiger charge is 2.15. The van der Waals surface area contributed by atoms with Crippen LogP contribution in [0.5, 0.6) is 5.75 Å². The normalized spacial score (nSPS) is 10.8. The number of hydrogen-bond donors (Lipinski definition) is 1. The Kier molecular flexibility index (Phi) is 6.30. The molecule has 0 saturated heterocycles. The van der Waals surface area contributed by atoms with Crippen molar-refractivity contribution < 1.29 is 18.3 Å². The zero-order valence-electron chi connectivity index (χ0n) is 17.7. The van der Waals surface area contributed by atoms with Crippen LogP contribution >= 0.6 is 0 Å². The van der Waals surface area contributed by atoms with E-state index in [9.17, 15) is 18.8 Å². The molecule has 0 spiro atoms. The number of para-hydroxylation sites is 1. The highest BCUT2D eigenvalue weighted by atomic mass is 19.1. The summed E-state index contributed by atoms with van der Waals surface area (Å²) in [5.74, 6) is -0.565. The Morgan fingerprint density at radius 1 is 1.15 bits per heavy atom. The third-order valence-corrected chi connectivity index (χ3v) is 4.93. The fourth-order valence-corrected chi connectivity index (χ4v) is 3.30. The Bertz CT molecular complexity index is 1430. The number of fused-ring (bicyclic) bond motifs is 1. The third-order valence-electron chi connectivity index (χ3n) is 4.93. The molecule has 4 aromatic rings. The van der Waals surface area contributed by atoms with Gasteiger partial charge >= 0.3 is 5.63 Å². The average molecular weight is 449 g/mol. The second-order valence-electron chi connectivity index (χ2n) is 7.12.